The quantitative estimate of drug-likeness (QED) is 0.686. The van der Waals surface area contributed by atoms with Gasteiger partial charge in [0.05, 0.1) is 0 Å². The lowest BCUT2D eigenvalue weighted by Gasteiger charge is -2.30. The molecule has 0 saturated heterocycles. The predicted octanol–water partition coefficient (Wildman–Crippen LogP) is 4.81. The fourth-order valence-corrected chi connectivity index (χ4v) is 3.36. The molecule has 1 nitrogen and oxygen atoms in total. The summed E-state index contributed by atoms with van der Waals surface area (Å²) in [6.45, 7) is 2.23. The Labute approximate surface area is 122 Å². The van der Waals surface area contributed by atoms with Crippen LogP contribution in [0.3, 0.4) is 0 Å². The van der Waals surface area contributed by atoms with Crippen LogP contribution in [0.15, 0.2) is 18.2 Å². The van der Waals surface area contributed by atoms with Crippen molar-refractivity contribution in [2.75, 3.05) is 24.0 Å². The van der Waals surface area contributed by atoms with Crippen molar-refractivity contribution in [3.05, 3.63) is 28.8 Å². The summed E-state index contributed by atoms with van der Waals surface area (Å²) < 4.78 is 0. The van der Waals surface area contributed by atoms with Crippen LogP contribution in [0.5, 0.6) is 0 Å². The van der Waals surface area contributed by atoms with E-state index in [0.29, 0.717) is 6.04 Å². The van der Waals surface area contributed by atoms with Gasteiger partial charge in [-0.1, -0.05) is 40.5 Å². The summed E-state index contributed by atoms with van der Waals surface area (Å²) in [5.74, 6) is 1.14. The second-order valence-corrected chi connectivity index (χ2v) is 5.94. The minimum absolute atomic E-state index is 0.557. The first-order valence-corrected chi connectivity index (χ1v) is 8.59. The third-order valence-electron chi connectivity index (χ3n) is 2.95. The number of benzene rings is 1. The Balaban J connectivity index is 2.99. The van der Waals surface area contributed by atoms with Crippen molar-refractivity contribution in [3.63, 3.8) is 0 Å². The molecule has 0 heterocycles. The second kappa shape index (κ2) is 7.55. The molecule has 1 aromatic rings. The molecular formula is C13H19BrClNS. The molecule has 0 aromatic heterocycles. The largest absolute Gasteiger partial charge is 0.371 e. The van der Waals surface area contributed by atoms with Crippen molar-refractivity contribution in [3.8, 4) is 0 Å². The van der Waals surface area contributed by atoms with Crippen LogP contribution in [0.4, 0.5) is 5.69 Å². The summed E-state index contributed by atoms with van der Waals surface area (Å²) >= 11 is 11.5. The number of rotatable bonds is 6. The van der Waals surface area contributed by atoms with Crippen molar-refractivity contribution in [2.45, 2.75) is 24.7 Å². The summed E-state index contributed by atoms with van der Waals surface area (Å²) in [5, 5.41) is 1.66. The fourth-order valence-electron chi connectivity index (χ4n) is 1.87. The molecule has 96 valence electrons. The summed E-state index contributed by atoms with van der Waals surface area (Å²) in [6.07, 6.45) is 3.30. The van der Waals surface area contributed by atoms with Crippen molar-refractivity contribution < 1.29 is 0 Å². The Morgan fingerprint density at radius 3 is 2.71 bits per heavy atom. The first kappa shape index (κ1) is 15.2. The average molecular weight is 337 g/mol. The van der Waals surface area contributed by atoms with Crippen LogP contribution in [0, 0.1) is 0 Å². The van der Waals surface area contributed by atoms with Crippen LogP contribution in [0.1, 0.15) is 18.9 Å². The maximum Gasteiger partial charge on any atom is 0.0426 e. The summed E-state index contributed by atoms with van der Waals surface area (Å²) in [6, 6.07) is 6.65. The molecule has 0 aliphatic carbocycles. The maximum absolute atomic E-state index is 6.10. The van der Waals surface area contributed by atoms with Crippen molar-refractivity contribution >= 4 is 45.0 Å². The molecule has 1 atom stereocenters. The third kappa shape index (κ3) is 4.08. The molecule has 1 unspecified atom stereocenters. The molecular weight excluding hydrogens is 318 g/mol. The highest BCUT2D eigenvalue weighted by Gasteiger charge is 2.15. The summed E-state index contributed by atoms with van der Waals surface area (Å²) in [5.41, 5.74) is 2.52. The Morgan fingerprint density at radius 2 is 2.18 bits per heavy atom. The highest BCUT2D eigenvalue weighted by atomic mass is 79.9. The molecule has 0 radical (unpaired) electrons. The van der Waals surface area contributed by atoms with Gasteiger partial charge in [0.2, 0.25) is 0 Å². The van der Waals surface area contributed by atoms with Gasteiger partial charge >= 0.3 is 0 Å². The van der Waals surface area contributed by atoms with Crippen LogP contribution in [-0.2, 0) is 5.33 Å². The fraction of sp³-hybridized carbons (Fsp3) is 0.538. The highest BCUT2D eigenvalue weighted by Crippen LogP contribution is 2.28. The van der Waals surface area contributed by atoms with Crippen molar-refractivity contribution in [1.29, 1.82) is 0 Å². The van der Waals surface area contributed by atoms with E-state index in [4.69, 9.17) is 11.6 Å². The van der Waals surface area contributed by atoms with Crippen molar-refractivity contribution in [1.82, 2.24) is 0 Å². The zero-order valence-corrected chi connectivity index (χ0v) is 13.7. The normalized spacial score (nSPS) is 12.5. The minimum atomic E-state index is 0.557. The number of thioether (sulfide) groups is 1. The number of anilines is 1. The molecule has 0 amide bonds. The van der Waals surface area contributed by atoms with E-state index in [9.17, 15) is 0 Å². The summed E-state index contributed by atoms with van der Waals surface area (Å²) in [4.78, 5) is 2.35. The van der Waals surface area contributed by atoms with E-state index in [1.807, 2.05) is 17.8 Å². The Hall–Kier alpha value is 0.140. The van der Waals surface area contributed by atoms with E-state index in [2.05, 4.69) is 53.2 Å². The van der Waals surface area contributed by atoms with Crippen LogP contribution in [0.2, 0.25) is 5.02 Å². The predicted molar refractivity (Wildman–Crippen MR) is 84.9 cm³/mol. The molecule has 0 aliphatic rings. The molecule has 0 N–H and O–H groups in total. The third-order valence-corrected chi connectivity index (χ3v) is 4.51. The van der Waals surface area contributed by atoms with E-state index in [1.165, 1.54) is 11.3 Å². The Kier molecular flexibility index (Phi) is 6.75. The SMILES string of the molecule is CCC(CSC)N(C)c1cc(Cl)ccc1CBr. The molecule has 4 heteroatoms. The zero-order chi connectivity index (χ0) is 12.8. The van der Waals surface area contributed by atoms with Crippen LogP contribution < -0.4 is 4.90 Å². The van der Waals surface area contributed by atoms with Gasteiger partial charge in [-0.05, 0) is 30.4 Å². The average Bonchev–Trinajstić information content (AvgIpc) is 2.35. The molecule has 0 aliphatic heterocycles. The Morgan fingerprint density at radius 1 is 1.47 bits per heavy atom. The van der Waals surface area contributed by atoms with Crippen LogP contribution in [-0.4, -0.2) is 25.1 Å². The van der Waals surface area contributed by atoms with Gasteiger partial charge in [0, 0.05) is 34.9 Å². The molecule has 0 fully saturated rings. The number of alkyl halides is 1. The second-order valence-electron chi connectivity index (χ2n) is 4.03. The van der Waals surface area contributed by atoms with Crippen molar-refractivity contribution in [2.24, 2.45) is 0 Å². The van der Waals surface area contributed by atoms with Gasteiger partial charge in [-0.25, -0.2) is 0 Å². The topological polar surface area (TPSA) is 3.24 Å². The molecule has 0 spiro atoms. The number of hydrogen-bond donors (Lipinski definition) is 0. The molecule has 0 saturated carbocycles. The molecule has 1 rings (SSSR count). The first-order valence-electron chi connectivity index (χ1n) is 5.70. The standard InChI is InChI=1S/C13H19BrClNS/c1-4-12(9-17-3)16(2)13-7-11(15)6-5-10(13)8-14/h5-7,12H,4,8-9H2,1-3H3. The number of nitrogens with zero attached hydrogens (tertiary/aromatic N) is 1. The Bertz CT molecular complexity index is 359. The molecule has 1 aromatic carbocycles. The van der Waals surface area contributed by atoms with Gasteiger partial charge in [-0.2, -0.15) is 11.8 Å². The van der Waals surface area contributed by atoms with Crippen LogP contribution >= 0.6 is 39.3 Å². The van der Waals surface area contributed by atoms with Crippen LogP contribution in [0.25, 0.3) is 0 Å². The van der Waals surface area contributed by atoms with E-state index in [1.54, 1.807) is 0 Å². The minimum Gasteiger partial charge on any atom is -0.371 e. The van der Waals surface area contributed by atoms with E-state index >= 15 is 0 Å². The van der Waals surface area contributed by atoms with Gasteiger partial charge < -0.3 is 4.90 Å². The smallest absolute Gasteiger partial charge is 0.0426 e. The number of hydrogen-bond acceptors (Lipinski definition) is 2. The monoisotopic (exact) mass is 335 g/mol. The van der Waals surface area contributed by atoms with E-state index in [-0.39, 0.29) is 0 Å². The van der Waals surface area contributed by atoms with Gasteiger partial charge in [-0.15, -0.1) is 0 Å². The molecule has 17 heavy (non-hydrogen) atoms. The van der Waals surface area contributed by atoms with E-state index in [0.717, 1.165) is 22.5 Å². The van der Waals surface area contributed by atoms with Gasteiger partial charge in [-0.3, -0.25) is 0 Å². The van der Waals surface area contributed by atoms with Gasteiger partial charge in [0.25, 0.3) is 0 Å². The van der Waals surface area contributed by atoms with Gasteiger partial charge in [0.15, 0.2) is 0 Å². The lowest BCUT2D eigenvalue weighted by molar-refractivity contribution is 0.672. The first-order chi connectivity index (χ1) is 8.13. The maximum atomic E-state index is 6.10. The lowest BCUT2D eigenvalue weighted by atomic mass is 10.1. The van der Waals surface area contributed by atoms with E-state index < -0.39 is 0 Å². The zero-order valence-electron chi connectivity index (χ0n) is 10.5. The highest BCUT2D eigenvalue weighted by molar-refractivity contribution is 9.08. The van der Waals surface area contributed by atoms with Gasteiger partial charge in [0.1, 0.15) is 0 Å². The lowest BCUT2D eigenvalue weighted by Crippen LogP contribution is -2.33. The number of halogens is 2. The molecule has 0 bridgehead atoms. The summed E-state index contributed by atoms with van der Waals surface area (Å²) in [7, 11) is 2.15.